The first kappa shape index (κ1) is 19.9. The van der Waals surface area contributed by atoms with Gasteiger partial charge in [0.1, 0.15) is 11.5 Å². The standard InChI is InChI=1S/C23H23ClN2O2/c1-15(2)18-7-6-16(3)22(12-18)28-21-9-8-19(13-20(21)24)26-23(27)11-17-5-4-10-25-14-17/h4-10,12-15H,11H2,1-3H3,(H,26,27). The number of nitrogens with one attached hydrogen (secondary N) is 1. The van der Waals surface area contributed by atoms with Gasteiger partial charge in [0.15, 0.2) is 0 Å². The van der Waals surface area contributed by atoms with Gasteiger partial charge in [0, 0.05) is 18.1 Å². The van der Waals surface area contributed by atoms with Crippen LogP contribution in [0.25, 0.3) is 0 Å². The molecule has 0 fully saturated rings. The lowest BCUT2D eigenvalue weighted by atomic mass is 10.0. The molecule has 0 aliphatic carbocycles. The summed E-state index contributed by atoms with van der Waals surface area (Å²) in [6, 6.07) is 15.1. The van der Waals surface area contributed by atoms with Crippen molar-refractivity contribution >= 4 is 23.2 Å². The van der Waals surface area contributed by atoms with Gasteiger partial charge in [0.25, 0.3) is 0 Å². The minimum absolute atomic E-state index is 0.127. The third-order valence-corrected chi connectivity index (χ3v) is 4.70. The second-order valence-corrected chi connectivity index (χ2v) is 7.42. The molecule has 0 bridgehead atoms. The Morgan fingerprint density at radius 3 is 2.64 bits per heavy atom. The zero-order valence-electron chi connectivity index (χ0n) is 16.2. The fourth-order valence-electron chi connectivity index (χ4n) is 2.76. The Balaban J connectivity index is 1.71. The number of nitrogens with zero attached hydrogens (tertiary/aromatic N) is 1. The second kappa shape index (κ2) is 8.89. The first-order valence-electron chi connectivity index (χ1n) is 9.19. The maximum absolute atomic E-state index is 12.2. The van der Waals surface area contributed by atoms with Crippen LogP contribution in [0.5, 0.6) is 11.5 Å². The quantitative estimate of drug-likeness (QED) is 0.546. The van der Waals surface area contributed by atoms with Crippen molar-refractivity contribution in [3.63, 3.8) is 0 Å². The van der Waals surface area contributed by atoms with E-state index in [0.29, 0.717) is 22.4 Å². The van der Waals surface area contributed by atoms with Crippen LogP contribution in [-0.2, 0) is 11.2 Å². The average molecular weight is 395 g/mol. The van der Waals surface area contributed by atoms with Crippen molar-refractivity contribution in [2.45, 2.75) is 33.1 Å². The lowest BCUT2D eigenvalue weighted by molar-refractivity contribution is -0.115. The monoisotopic (exact) mass is 394 g/mol. The van der Waals surface area contributed by atoms with E-state index in [1.54, 1.807) is 30.6 Å². The van der Waals surface area contributed by atoms with Crippen molar-refractivity contribution < 1.29 is 9.53 Å². The highest BCUT2D eigenvalue weighted by Crippen LogP contribution is 2.34. The van der Waals surface area contributed by atoms with Gasteiger partial charge in [-0.15, -0.1) is 0 Å². The van der Waals surface area contributed by atoms with Crippen LogP contribution in [0, 0.1) is 6.92 Å². The Bertz CT molecular complexity index is 972. The zero-order valence-corrected chi connectivity index (χ0v) is 17.0. The Labute approximate surface area is 170 Å². The Kier molecular flexibility index (Phi) is 6.32. The highest BCUT2D eigenvalue weighted by Gasteiger charge is 2.11. The van der Waals surface area contributed by atoms with Crippen LogP contribution >= 0.6 is 11.6 Å². The van der Waals surface area contributed by atoms with E-state index in [0.717, 1.165) is 16.9 Å². The number of rotatable bonds is 6. The van der Waals surface area contributed by atoms with Crippen LogP contribution < -0.4 is 10.1 Å². The first-order valence-corrected chi connectivity index (χ1v) is 9.57. The van der Waals surface area contributed by atoms with Crippen molar-refractivity contribution in [1.29, 1.82) is 0 Å². The van der Waals surface area contributed by atoms with Crippen LogP contribution in [0.15, 0.2) is 60.9 Å². The van der Waals surface area contributed by atoms with E-state index >= 15 is 0 Å². The molecule has 0 atom stereocenters. The highest BCUT2D eigenvalue weighted by molar-refractivity contribution is 6.32. The number of aromatic nitrogens is 1. The van der Waals surface area contributed by atoms with Gasteiger partial charge in [-0.05, 0) is 59.9 Å². The van der Waals surface area contributed by atoms with Crippen molar-refractivity contribution in [3.05, 3.63) is 82.6 Å². The van der Waals surface area contributed by atoms with Gasteiger partial charge in [-0.1, -0.05) is 43.6 Å². The molecule has 0 aliphatic heterocycles. The normalized spacial score (nSPS) is 10.8. The van der Waals surface area contributed by atoms with Gasteiger partial charge >= 0.3 is 0 Å². The number of carbonyl (C=O) groups is 1. The van der Waals surface area contributed by atoms with E-state index < -0.39 is 0 Å². The lowest BCUT2D eigenvalue weighted by Gasteiger charge is -2.14. The number of anilines is 1. The number of amides is 1. The Morgan fingerprint density at radius 2 is 1.96 bits per heavy atom. The summed E-state index contributed by atoms with van der Waals surface area (Å²) in [6.45, 7) is 6.29. The van der Waals surface area contributed by atoms with Gasteiger partial charge < -0.3 is 10.1 Å². The molecule has 3 rings (SSSR count). The molecule has 1 N–H and O–H groups in total. The molecule has 1 amide bonds. The second-order valence-electron chi connectivity index (χ2n) is 7.01. The number of hydrogen-bond acceptors (Lipinski definition) is 3. The van der Waals surface area contributed by atoms with Crippen molar-refractivity contribution in [3.8, 4) is 11.5 Å². The molecule has 0 saturated heterocycles. The number of benzene rings is 2. The number of pyridine rings is 1. The van der Waals surface area contributed by atoms with Crippen LogP contribution in [0.2, 0.25) is 5.02 Å². The molecule has 0 radical (unpaired) electrons. The third-order valence-electron chi connectivity index (χ3n) is 4.40. The average Bonchev–Trinajstić information content (AvgIpc) is 2.66. The molecule has 28 heavy (non-hydrogen) atoms. The van der Waals surface area contributed by atoms with Crippen LogP contribution in [0.3, 0.4) is 0 Å². The Morgan fingerprint density at radius 1 is 1.14 bits per heavy atom. The summed E-state index contributed by atoms with van der Waals surface area (Å²) in [4.78, 5) is 16.2. The zero-order chi connectivity index (χ0) is 20.1. The molecule has 1 aromatic heterocycles. The van der Waals surface area contributed by atoms with E-state index in [9.17, 15) is 4.79 Å². The summed E-state index contributed by atoms with van der Waals surface area (Å²) in [7, 11) is 0. The van der Waals surface area contributed by atoms with E-state index in [4.69, 9.17) is 16.3 Å². The smallest absolute Gasteiger partial charge is 0.228 e. The predicted molar refractivity (Wildman–Crippen MR) is 113 cm³/mol. The number of hydrogen-bond donors (Lipinski definition) is 1. The minimum atomic E-state index is -0.127. The minimum Gasteiger partial charge on any atom is -0.456 e. The van der Waals surface area contributed by atoms with Crippen molar-refractivity contribution in [2.75, 3.05) is 5.32 Å². The number of halogens is 1. The third kappa shape index (κ3) is 5.11. The van der Waals surface area contributed by atoms with Gasteiger partial charge in [-0.3, -0.25) is 9.78 Å². The topological polar surface area (TPSA) is 51.2 Å². The summed E-state index contributed by atoms with van der Waals surface area (Å²) >= 11 is 6.39. The lowest BCUT2D eigenvalue weighted by Crippen LogP contribution is -2.14. The van der Waals surface area contributed by atoms with Gasteiger partial charge in [-0.25, -0.2) is 0 Å². The molecule has 1 heterocycles. The summed E-state index contributed by atoms with van der Waals surface area (Å²) in [5.74, 6) is 1.62. The highest BCUT2D eigenvalue weighted by atomic mass is 35.5. The fraction of sp³-hybridized carbons (Fsp3) is 0.217. The molecular formula is C23H23ClN2O2. The van der Waals surface area contributed by atoms with Crippen molar-refractivity contribution in [1.82, 2.24) is 4.98 Å². The maximum Gasteiger partial charge on any atom is 0.228 e. The van der Waals surface area contributed by atoms with Gasteiger partial charge in [0.2, 0.25) is 5.91 Å². The molecular weight excluding hydrogens is 372 g/mol. The molecule has 5 heteroatoms. The fourth-order valence-corrected chi connectivity index (χ4v) is 2.98. The Hall–Kier alpha value is -2.85. The van der Waals surface area contributed by atoms with Crippen LogP contribution in [-0.4, -0.2) is 10.9 Å². The summed E-state index contributed by atoms with van der Waals surface area (Å²) in [5.41, 5.74) is 3.72. The molecule has 3 aromatic rings. The molecule has 0 spiro atoms. The number of ether oxygens (including phenoxy) is 1. The summed E-state index contributed by atoms with van der Waals surface area (Å²) < 4.78 is 6.03. The van der Waals surface area contributed by atoms with Crippen molar-refractivity contribution in [2.24, 2.45) is 0 Å². The molecule has 144 valence electrons. The van der Waals surface area contributed by atoms with E-state index in [2.05, 4.69) is 30.2 Å². The van der Waals surface area contributed by atoms with Gasteiger partial charge in [0.05, 0.1) is 11.4 Å². The number of aryl methyl sites for hydroxylation is 1. The SMILES string of the molecule is Cc1ccc(C(C)C)cc1Oc1ccc(NC(=O)Cc2cccnc2)cc1Cl. The maximum atomic E-state index is 12.2. The molecule has 0 aliphatic rings. The summed E-state index contributed by atoms with van der Waals surface area (Å²) in [5, 5.41) is 3.29. The van der Waals surface area contributed by atoms with E-state index in [-0.39, 0.29) is 12.3 Å². The number of carbonyl (C=O) groups excluding carboxylic acids is 1. The van der Waals surface area contributed by atoms with Crippen LogP contribution in [0.1, 0.15) is 36.5 Å². The molecule has 4 nitrogen and oxygen atoms in total. The van der Waals surface area contributed by atoms with E-state index in [1.807, 2.05) is 31.2 Å². The largest absolute Gasteiger partial charge is 0.456 e. The van der Waals surface area contributed by atoms with Crippen LogP contribution in [0.4, 0.5) is 5.69 Å². The van der Waals surface area contributed by atoms with Gasteiger partial charge in [-0.2, -0.15) is 0 Å². The molecule has 0 saturated carbocycles. The predicted octanol–water partition coefficient (Wildman–Crippen LogP) is 6.14. The summed E-state index contributed by atoms with van der Waals surface area (Å²) in [6.07, 6.45) is 3.61. The molecule has 0 unspecified atom stereocenters. The van der Waals surface area contributed by atoms with E-state index in [1.165, 1.54) is 5.56 Å². The molecule has 2 aromatic carbocycles. The first-order chi connectivity index (χ1) is 13.4.